The summed E-state index contributed by atoms with van der Waals surface area (Å²) < 4.78 is 2.47. The van der Waals surface area contributed by atoms with Crippen molar-refractivity contribution >= 4 is 5.69 Å². The molecule has 0 saturated carbocycles. The topological polar surface area (TPSA) is 72.4 Å². The Morgan fingerprint density at radius 2 is 1.86 bits per heavy atom. The predicted molar refractivity (Wildman–Crippen MR) is 108 cm³/mol. The molecule has 6 heteroatoms. The Morgan fingerprint density at radius 1 is 1.07 bits per heavy atom. The zero-order valence-corrected chi connectivity index (χ0v) is 15.7. The number of pyridine rings is 1. The molecule has 2 heterocycles. The SMILES string of the molecule is CCn1nc(-c2ccc(C)cc2)cc(N=c2cccc3n(O)cccc2-3)c1=O. The minimum atomic E-state index is -0.247. The second-order valence-corrected chi connectivity index (χ2v) is 6.58. The van der Waals surface area contributed by atoms with E-state index in [0.717, 1.165) is 21.4 Å². The molecule has 0 atom stereocenters. The Hall–Kier alpha value is -3.67. The molecule has 0 unspecified atom stereocenters. The summed E-state index contributed by atoms with van der Waals surface area (Å²) in [5, 5.41) is 15.1. The molecule has 0 radical (unpaired) electrons. The summed E-state index contributed by atoms with van der Waals surface area (Å²) in [6.45, 7) is 4.36. The highest BCUT2D eigenvalue weighted by Crippen LogP contribution is 2.21. The number of hydrogen-bond donors (Lipinski definition) is 1. The first-order valence-electron chi connectivity index (χ1n) is 9.10. The molecule has 0 amide bonds. The molecule has 0 bridgehead atoms. The first kappa shape index (κ1) is 17.7. The van der Waals surface area contributed by atoms with Crippen LogP contribution in [0, 0.1) is 6.92 Å². The van der Waals surface area contributed by atoms with Gasteiger partial charge in [0.15, 0.2) is 0 Å². The van der Waals surface area contributed by atoms with Crippen LogP contribution in [0.3, 0.4) is 0 Å². The van der Waals surface area contributed by atoms with E-state index in [2.05, 4.69) is 10.1 Å². The molecule has 0 fully saturated rings. The average molecular weight is 372 g/mol. The second-order valence-electron chi connectivity index (χ2n) is 6.58. The zero-order chi connectivity index (χ0) is 19.7. The lowest BCUT2D eigenvalue weighted by molar-refractivity contribution is 0.189. The molecule has 1 aliphatic heterocycles. The molecule has 0 saturated heterocycles. The maximum absolute atomic E-state index is 12.8. The van der Waals surface area contributed by atoms with Crippen LogP contribution in [-0.2, 0) is 6.54 Å². The summed E-state index contributed by atoms with van der Waals surface area (Å²) in [6, 6.07) is 18.7. The average Bonchev–Trinajstić information content (AvgIpc) is 2.71. The number of fused-ring (bicyclic) bond motifs is 1. The van der Waals surface area contributed by atoms with Gasteiger partial charge in [-0.1, -0.05) is 35.9 Å². The van der Waals surface area contributed by atoms with E-state index in [1.807, 2.05) is 50.2 Å². The third kappa shape index (κ3) is 3.20. The van der Waals surface area contributed by atoms with Crippen molar-refractivity contribution in [1.29, 1.82) is 0 Å². The molecule has 0 spiro atoms. The predicted octanol–water partition coefficient (Wildman–Crippen LogP) is 3.61. The first-order valence-corrected chi connectivity index (χ1v) is 9.10. The zero-order valence-electron chi connectivity index (χ0n) is 15.7. The van der Waals surface area contributed by atoms with Crippen molar-refractivity contribution in [1.82, 2.24) is 14.5 Å². The molecule has 1 aromatic heterocycles. The summed E-state index contributed by atoms with van der Waals surface area (Å²) in [4.78, 5) is 17.4. The van der Waals surface area contributed by atoms with Gasteiger partial charge in [0, 0.05) is 23.9 Å². The van der Waals surface area contributed by atoms with Crippen molar-refractivity contribution in [3.63, 3.8) is 0 Å². The number of rotatable bonds is 3. The van der Waals surface area contributed by atoms with Gasteiger partial charge in [-0.05, 0) is 44.2 Å². The lowest BCUT2D eigenvalue weighted by atomic mass is 10.1. The highest BCUT2D eigenvalue weighted by molar-refractivity contribution is 5.63. The maximum atomic E-state index is 12.8. The van der Waals surface area contributed by atoms with Gasteiger partial charge in [0.1, 0.15) is 5.69 Å². The molecule has 140 valence electrons. The van der Waals surface area contributed by atoms with Crippen LogP contribution in [0.1, 0.15) is 12.5 Å². The van der Waals surface area contributed by atoms with Crippen LogP contribution in [0.15, 0.2) is 76.6 Å². The van der Waals surface area contributed by atoms with Gasteiger partial charge in [0.25, 0.3) is 5.56 Å². The fraction of sp³-hybridized carbons (Fsp3) is 0.136. The van der Waals surface area contributed by atoms with Crippen LogP contribution in [0.5, 0.6) is 0 Å². The van der Waals surface area contributed by atoms with E-state index in [9.17, 15) is 10.0 Å². The van der Waals surface area contributed by atoms with E-state index in [1.54, 1.807) is 30.5 Å². The number of aryl methyl sites for hydroxylation is 2. The van der Waals surface area contributed by atoms with Crippen molar-refractivity contribution in [2.75, 3.05) is 0 Å². The standard InChI is InChI=1S/C22H20N4O2/c1-3-25-22(27)20(14-19(24-25)16-11-9-15(2)10-12-16)23-18-7-4-8-21-17(18)6-5-13-26(21)28/h4-14,28H,3H2,1-2H3. The van der Waals surface area contributed by atoms with Crippen LogP contribution in [0.25, 0.3) is 22.5 Å². The van der Waals surface area contributed by atoms with Gasteiger partial charge < -0.3 is 5.21 Å². The normalized spacial score (nSPS) is 11.9. The number of nitrogens with zero attached hydrogens (tertiary/aromatic N) is 4. The Balaban J connectivity index is 1.94. The first-order chi connectivity index (χ1) is 13.6. The van der Waals surface area contributed by atoms with E-state index in [-0.39, 0.29) is 5.56 Å². The van der Waals surface area contributed by atoms with Crippen molar-refractivity contribution < 1.29 is 5.21 Å². The summed E-state index contributed by atoms with van der Waals surface area (Å²) in [7, 11) is 0. The van der Waals surface area contributed by atoms with Crippen LogP contribution >= 0.6 is 0 Å². The lowest BCUT2D eigenvalue weighted by Crippen LogP contribution is -2.23. The minimum Gasteiger partial charge on any atom is -0.428 e. The van der Waals surface area contributed by atoms with Crippen molar-refractivity contribution in [3.8, 4) is 22.5 Å². The fourth-order valence-electron chi connectivity index (χ4n) is 3.13. The van der Waals surface area contributed by atoms with Gasteiger partial charge in [-0.25, -0.2) is 9.67 Å². The maximum Gasteiger partial charge on any atom is 0.292 e. The molecular weight excluding hydrogens is 352 g/mol. The van der Waals surface area contributed by atoms with E-state index in [4.69, 9.17) is 0 Å². The fourth-order valence-corrected chi connectivity index (χ4v) is 3.13. The molecule has 2 aliphatic rings. The van der Waals surface area contributed by atoms with Crippen LogP contribution in [0.2, 0.25) is 0 Å². The molecule has 1 N–H and O–H groups in total. The summed E-state index contributed by atoms with van der Waals surface area (Å²) in [5.41, 5.74) is 4.21. The Labute approximate surface area is 162 Å². The minimum absolute atomic E-state index is 0.247. The number of benzene rings is 2. The van der Waals surface area contributed by atoms with E-state index in [1.165, 1.54) is 4.68 Å². The van der Waals surface area contributed by atoms with Gasteiger partial charge in [-0.15, -0.1) is 0 Å². The van der Waals surface area contributed by atoms with E-state index in [0.29, 0.717) is 29.0 Å². The number of aromatic nitrogens is 3. The molecule has 1 aliphatic carbocycles. The molecule has 2 aromatic rings. The van der Waals surface area contributed by atoms with Gasteiger partial charge in [0.2, 0.25) is 0 Å². The van der Waals surface area contributed by atoms with Crippen molar-refractivity contribution in [2.24, 2.45) is 4.99 Å². The van der Waals surface area contributed by atoms with E-state index < -0.39 is 0 Å². The highest BCUT2D eigenvalue weighted by Gasteiger charge is 2.11. The highest BCUT2D eigenvalue weighted by atomic mass is 16.5. The van der Waals surface area contributed by atoms with Crippen molar-refractivity contribution in [3.05, 3.63) is 88.1 Å². The lowest BCUT2D eigenvalue weighted by Gasteiger charge is -2.10. The summed E-state index contributed by atoms with van der Waals surface area (Å²) in [5.74, 6) is 0. The molecule has 6 nitrogen and oxygen atoms in total. The van der Waals surface area contributed by atoms with Gasteiger partial charge in [0.05, 0.1) is 16.7 Å². The quantitative estimate of drug-likeness (QED) is 0.558. The van der Waals surface area contributed by atoms with Gasteiger partial charge in [-0.2, -0.15) is 9.83 Å². The summed E-state index contributed by atoms with van der Waals surface area (Å²) in [6.07, 6.45) is 1.55. The van der Waals surface area contributed by atoms with Crippen LogP contribution in [0.4, 0.5) is 5.69 Å². The molecule has 1 aromatic carbocycles. The van der Waals surface area contributed by atoms with Crippen LogP contribution < -0.4 is 10.9 Å². The van der Waals surface area contributed by atoms with E-state index >= 15 is 0 Å². The third-order valence-electron chi connectivity index (χ3n) is 4.64. The molecule has 4 rings (SSSR count). The van der Waals surface area contributed by atoms with Gasteiger partial charge in [-0.3, -0.25) is 4.79 Å². The third-order valence-corrected chi connectivity index (χ3v) is 4.64. The monoisotopic (exact) mass is 372 g/mol. The second kappa shape index (κ2) is 7.15. The Morgan fingerprint density at radius 3 is 2.61 bits per heavy atom. The molecule has 28 heavy (non-hydrogen) atoms. The van der Waals surface area contributed by atoms with Gasteiger partial charge >= 0.3 is 0 Å². The Bertz CT molecular complexity index is 1240. The largest absolute Gasteiger partial charge is 0.428 e. The number of hydrogen-bond acceptors (Lipinski definition) is 4. The summed E-state index contributed by atoms with van der Waals surface area (Å²) >= 11 is 0. The van der Waals surface area contributed by atoms with Crippen molar-refractivity contribution in [2.45, 2.75) is 20.4 Å². The smallest absolute Gasteiger partial charge is 0.292 e. The molecular formula is C22H20N4O2. The van der Waals surface area contributed by atoms with Crippen LogP contribution in [-0.4, -0.2) is 19.7 Å². The Kier molecular flexibility index (Phi) is 4.53.